The Morgan fingerprint density at radius 3 is 2.67 bits per heavy atom. The zero-order valence-electron chi connectivity index (χ0n) is 15.8. The van der Waals surface area contributed by atoms with E-state index < -0.39 is 0 Å². The van der Waals surface area contributed by atoms with Crippen molar-refractivity contribution in [3.05, 3.63) is 42.2 Å². The summed E-state index contributed by atoms with van der Waals surface area (Å²) >= 11 is 0. The molecule has 1 aliphatic heterocycles. The van der Waals surface area contributed by atoms with Crippen LogP contribution in [0.2, 0.25) is 0 Å². The van der Waals surface area contributed by atoms with Crippen LogP contribution in [0.25, 0.3) is 0 Å². The first-order valence-corrected chi connectivity index (χ1v) is 9.45. The van der Waals surface area contributed by atoms with Gasteiger partial charge in [-0.1, -0.05) is 12.1 Å². The summed E-state index contributed by atoms with van der Waals surface area (Å²) in [7, 11) is 1.64. The summed E-state index contributed by atoms with van der Waals surface area (Å²) in [5.74, 6) is 2.63. The average Bonchev–Trinajstić information content (AvgIpc) is 3.25. The maximum atomic E-state index is 12.0. The van der Waals surface area contributed by atoms with Crippen molar-refractivity contribution in [2.75, 3.05) is 43.5 Å². The topological polar surface area (TPSA) is 79.4 Å². The van der Waals surface area contributed by atoms with Crippen LogP contribution in [0.1, 0.15) is 24.8 Å². The van der Waals surface area contributed by atoms with Crippen molar-refractivity contribution in [2.45, 2.75) is 25.7 Å². The molecule has 0 unspecified atom stereocenters. The molecular formula is C20H27N5O2. The molecule has 2 N–H and O–H groups in total. The molecule has 2 heterocycles. The van der Waals surface area contributed by atoms with Crippen LogP contribution in [0.3, 0.4) is 0 Å². The lowest BCUT2D eigenvalue weighted by Gasteiger charge is -2.16. The van der Waals surface area contributed by atoms with Gasteiger partial charge in [0.1, 0.15) is 23.7 Å². The SMILES string of the molecule is COc1ccc(CCC(=O)NCCNc2cc(N3CCCC3)ncn2)cc1. The smallest absolute Gasteiger partial charge is 0.220 e. The number of hydrogen-bond donors (Lipinski definition) is 2. The molecule has 1 amide bonds. The number of ether oxygens (including phenoxy) is 1. The Bertz CT molecular complexity index is 729. The molecule has 0 aliphatic carbocycles. The van der Waals surface area contributed by atoms with Crippen LogP contribution in [0.5, 0.6) is 5.75 Å². The largest absolute Gasteiger partial charge is 0.497 e. The first-order chi connectivity index (χ1) is 13.2. The predicted molar refractivity (Wildman–Crippen MR) is 106 cm³/mol. The molecule has 2 aromatic rings. The van der Waals surface area contributed by atoms with Crippen molar-refractivity contribution in [3.63, 3.8) is 0 Å². The van der Waals surface area contributed by atoms with Gasteiger partial charge in [-0.05, 0) is 37.0 Å². The zero-order chi connectivity index (χ0) is 18.9. The summed E-state index contributed by atoms with van der Waals surface area (Å²) in [6.07, 6.45) is 5.21. The summed E-state index contributed by atoms with van der Waals surface area (Å²) in [5, 5.41) is 6.18. The number of amides is 1. The highest BCUT2D eigenvalue weighted by Crippen LogP contribution is 2.19. The Kier molecular flexibility index (Phi) is 6.84. The van der Waals surface area contributed by atoms with Gasteiger partial charge in [0.15, 0.2) is 0 Å². The Morgan fingerprint density at radius 2 is 1.93 bits per heavy atom. The van der Waals surface area contributed by atoms with Crippen molar-refractivity contribution >= 4 is 17.5 Å². The summed E-state index contributed by atoms with van der Waals surface area (Å²) in [4.78, 5) is 22.8. The Labute approximate surface area is 160 Å². The van der Waals surface area contributed by atoms with E-state index in [9.17, 15) is 4.79 Å². The second kappa shape index (κ2) is 9.75. The highest BCUT2D eigenvalue weighted by molar-refractivity contribution is 5.76. The predicted octanol–water partition coefficient (Wildman–Crippen LogP) is 2.25. The monoisotopic (exact) mass is 369 g/mol. The highest BCUT2D eigenvalue weighted by atomic mass is 16.5. The molecule has 0 radical (unpaired) electrons. The number of carbonyl (C=O) groups is 1. The minimum Gasteiger partial charge on any atom is -0.497 e. The van der Waals surface area contributed by atoms with Crippen LogP contribution >= 0.6 is 0 Å². The van der Waals surface area contributed by atoms with Crippen molar-refractivity contribution in [3.8, 4) is 5.75 Å². The van der Waals surface area contributed by atoms with E-state index in [1.54, 1.807) is 13.4 Å². The molecule has 1 saturated heterocycles. The number of aromatic nitrogens is 2. The quantitative estimate of drug-likeness (QED) is 0.660. The molecule has 7 nitrogen and oxygen atoms in total. The molecule has 1 aromatic carbocycles. The van der Waals surface area contributed by atoms with Gasteiger partial charge < -0.3 is 20.3 Å². The molecule has 1 fully saturated rings. The molecule has 0 atom stereocenters. The second-order valence-corrected chi connectivity index (χ2v) is 6.58. The van der Waals surface area contributed by atoms with Gasteiger partial charge in [0.2, 0.25) is 5.91 Å². The van der Waals surface area contributed by atoms with Crippen molar-refractivity contribution in [2.24, 2.45) is 0 Å². The van der Waals surface area contributed by atoms with Gasteiger partial charge in [-0.25, -0.2) is 9.97 Å². The van der Waals surface area contributed by atoms with E-state index in [-0.39, 0.29) is 5.91 Å². The fourth-order valence-electron chi connectivity index (χ4n) is 3.09. The summed E-state index contributed by atoms with van der Waals surface area (Å²) in [6, 6.07) is 9.77. The minimum atomic E-state index is 0.0491. The fraction of sp³-hybridized carbons (Fsp3) is 0.450. The van der Waals surface area contributed by atoms with E-state index in [0.29, 0.717) is 25.9 Å². The molecule has 0 saturated carbocycles. The lowest BCUT2D eigenvalue weighted by molar-refractivity contribution is -0.120. The number of benzene rings is 1. The first kappa shape index (κ1) is 18.9. The standard InChI is InChI=1S/C20H27N5O2/c1-27-17-7-4-16(5-8-17)6-9-20(26)22-11-10-21-18-14-19(24-15-23-18)25-12-2-3-13-25/h4-5,7-8,14-15H,2-3,6,9-13H2,1H3,(H,22,26)(H,21,23,24). The third-order valence-corrected chi connectivity index (χ3v) is 4.64. The number of hydrogen-bond acceptors (Lipinski definition) is 6. The maximum Gasteiger partial charge on any atom is 0.220 e. The van der Waals surface area contributed by atoms with Crippen molar-refractivity contribution in [1.82, 2.24) is 15.3 Å². The molecule has 3 rings (SSSR count). The van der Waals surface area contributed by atoms with Crippen LogP contribution in [0, 0.1) is 0 Å². The molecule has 7 heteroatoms. The van der Waals surface area contributed by atoms with Crippen LogP contribution in [-0.2, 0) is 11.2 Å². The van der Waals surface area contributed by atoms with Crippen LogP contribution in [0.15, 0.2) is 36.7 Å². The van der Waals surface area contributed by atoms with Gasteiger partial charge in [-0.15, -0.1) is 0 Å². The van der Waals surface area contributed by atoms with E-state index in [1.807, 2.05) is 30.3 Å². The van der Waals surface area contributed by atoms with Crippen LogP contribution in [0.4, 0.5) is 11.6 Å². The second-order valence-electron chi connectivity index (χ2n) is 6.58. The van der Waals surface area contributed by atoms with Gasteiger partial charge >= 0.3 is 0 Å². The Balaban J connectivity index is 1.34. The number of nitrogens with zero attached hydrogens (tertiary/aromatic N) is 3. The molecular weight excluding hydrogens is 342 g/mol. The van der Waals surface area contributed by atoms with Gasteiger partial charge in [0.05, 0.1) is 7.11 Å². The molecule has 0 bridgehead atoms. The first-order valence-electron chi connectivity index (χ1n) is 9.45. The van der Waals surface area contributed by atoms with Crippen LogP contribution in [-0.4, -0.2) is 49.2 Å². The highest BCUT2D eigenvalue weighted by Gasteiger charge is 2.13. The number of nitrogens with one attached hydrogen (secondary N) is 2. The number of anilines is 2. The van der Waals surface area contributed by atoms with E-state index in [2.05, 4.69) is 25.5 Å². The van der Waals surface area contributed by atoms with Gasteiger partial charge in [0, 0.05) is 38.7 Å². The van der Waals surface area contributed by atoms with Crippen molar-refractivity contribution < 1.29 is 9.53 Å². The van der Waals surface area contributed by atoms with E-state index in [0.717, 1.165) is 36.0 Å². The van der Waals surface area contributed by atoms with Gasteiger partial charge in [-0.2, -0.15) is 0 Å². The minimum absolute atomic E-state index is 0.0491. The Morgan fingerprint density at radius 1 is 1.15 bits per heavy atom. The van der Waals surface area contributed by atoms with Crippen molar-refractivity contribution in [1.29, 1.82) is 0 Å². The third-order valence-electron chi connectivity index (χ3n) is 4.64. The number of aryl methyl sites for hydroxylation is 1. The Hall–Kier alpha value is -2.83. The summed E-state index contributed by atoms with van der Waals surface area (Å²) < 4.78 is 5.13. The molecule has 27 heavy (non-hydrogen) atoms. The maximum absolute atomic E-state index is 12.0. The van der Waals surface area contributed by atoms with E-state index in [1.165, 1.54) is 12.8 Å². The lowest BCUT2D eigenvalue weighted by Crippen LogP contribution is -2.29. The average molecular weight is 369 g/mol. The number of methoxy groups -OCH3 is 1. The lowest BCUT2D eigenvalue weighted by atomic mass is 10.1. The molecule has 1 aromatic heterocycles. The normalized spacial score (nSPS) is 13.4. The summed E-state index contributed by atoms with van der Waals surface area (Å²) in [6.45, 7) is 3.30. The van der Waals surface area contributed by atoms with E-state index >= 15 is 0 Å². The number of carbonyl (C=O) groups excluding carboxylic acids is 1. The zero-order valence-corrected chi connectivity index (χ0v) is 15.8. The molecule has 0 spiro atoms. The van der Waals surface area contributed by atoms with E-state index in [4.69, 9.17) is 4.74 Å². The van der Waals surface area contributed by atoms with Crippen LogP contribution < -0.4 is 20.3 Å². The summed E-state index contributed by atoms with van der Waals surface area (Å²) in [5.41, 5.74) is 1.12. The molecule has 144 valence electrons. The van der Waals surface area contributed by atoms with Gasteiger partial charge in [-0.3, -0.25) is 4.79 Å². The third kappa shape index (κ3) is 5.84. The van der Waals surface area contributed by atoms with Gasteiger partial charge in [0.25, 0.3) is 0 Å². The number of rotatable bonds is 9. The fourth-order valence-corrected chi connectivity index (χ4v) is 3.09. The molecule has 1 aliphatic rings.